The molecule has 2 aliphatic rings. The molecule has 1 aromatic carbocycles. The maximum atomic E-state index is 13.2. The number of carbonyl (C=O) groups is 4. The molecule has 0 atom stereocenters. The van der Waals surface area contributed by atoms with Crippen molar-refractivity contribution in [2.45, 2.75) is 6.54 Å². The normalized spacial score (nSPS) is 16.5. The Labute approximate surface area is 201 Å². The first-order chi connectivity index (χ1) is 17.0. The fourth-order valence-electron chi connectivity index (χ4n) is 4.54. The molecule has 2 aliphatic heterocycles. The number of morpholine rings is 1. The number of fused-ring (bicyclic) bond motifs is 1. The average Bonchev–Trinajstić information content (AvgIpc) is 3.57. The molecule has 4 heterocycles. The molecule has 2 fully saturated rings. The maximum Gasteiger partial charge on any atom is 0.295 e. The van der Waals surface area contributed by atoms with Crippen LogP contribution in [0.2, 0.25) is 0 Å². The van der Waals surface area contributed by atoms with E-state index >= 15 is 0 Å². The van der Waals surface area contributed by atoms with Crippen molar-refractivity contribution in [2.24, 2.45) is 0 Å². The Morgan fingerprint density at radius 1 is 0.800 bits per heavy atom. The highest BCUT2D eigenvalue weighted by Crippen LogP contribution is 2.23. The van der Waals surface area contributed by atoms with Gasteiger partial charge in [-0.15, -0.1) is 0 Å². The van der Waals surface area contributed by atoms with Gasteiger partial charge in [0.15, 0.2) is 5.76 Å². The van der Waals surface area contributed by atoms with Crippen molar-refractivity contribution in [1.29, 1.82) is 0 Å². The zero-order chi connectivity index (χ0) is 24.4. The van der Waals surface area contributed by atoms with Crippen LogP contribution < -0.4 is 0 Å². The molecule has 5 rings (SSSR count). The average molecular weight is 479 g/mol. The molecule has 10 heteroatoms. The zero-order valence-corrected chi connectivity index (χ0v) is 19.2. The van der Waals surface area contributed by atoms with Gasteiger partial charge in [0.1, 0.15) is 6.54 Å². The molecule has 0 unspecified atom stereocenters. The first-order valence-electron chi connectivity index (χ1n) is 11.6. The summed E-state index contributed by atoms with van der Waals surface area (Å²) in [7, 11) is 0. The van der Waals surface area contributed by atoms with E-state index in [4.69, 9.17) is 9.15 Å². The van der Waals surface area contributed by atoms with Crippen molar-refractivity contribution in [3.05, 3.63) is 60.2 Å². The topological polar surface area (TPSA) is 105 Å². The molecule has 0 spiro atoms. The first-order valence-corrected chi connectivity index (χ1v) is 11.6. The van der Waals surface area contributed by atoms with Gasteiger partial charge in [0, 0.05) is 56.4 Å². The second-order valence-corrected chi connectivity index (χ2v) is 8.57. The molecule has 182 valence electrons. The highest BCUT2D eigenvalue weighted by Gasteiger charge is 2.31. The van der Waals surface area contributed by atoms with Crippen LogP contribution in [0.1, 0.15) is 20.9 Å². The Hall–Kier alpha value is -3.92. The van der Waals surface area contributed by atoms with E-state index in [1.54, 1.807) is 44.8 Å². The van der Waals surface area contributed by atoms with Crippen LogP contribution in [0.15, 0.2) is 53.3 Å². The smallest absolute Gasteiger partial charge is 0.295 e. The summed E-state index contributed by atoms with van der Waals surface area (Å²) >= 11 is 0. The number of hydrogen-bond donors (Lipinski definition) is 0. The number of amides is 3. The molecular formula is C25H26N4O6. The molecule has 2 aromatic heterocycles. The quantitative estimate of drug-likeness (QED) is 0.404. The van der Waals surface area contributed by atoms with E-state index in [-0.39, 0.29) is 42.8 Å². The fourth-order valence-corrected chi connectivity index (χ4v) is 4.54. The second kappa shape index (κ2) is 9.75. The van der Waals surface area contributed by atoms with Crippen molar-refractivity contribution in [3.8, 4) is 0 Å². The number of furan rings is 1. The molecule has 0 aliphatic carbocycles. The summed E-state index contributed by atoms with van der Waals surface area (Å²) < 4.78 is 12.2. The first kappa shape index (κ1) is 22.9. The summed E-state index contributed by atoms with van der Waals surface area (Å²) in [6.45, 7) is 3.32. The van der Waals surface area contributed by atoms with Gasteiger partial charge >= 0.3 is 0 Å². The SMILES string of the molecule is O=C(C(=O)N1CCN(C(=O)c2ccco2)CC1)c1cn(CC(=O)N2CCOCC2)c2ccccc12. The Morgan fingerprint density at radius 3 is 2.23 bits per heavy atom. The predicted molar refractivity (Wildman–Crippen MR) is 125 cm³/mol. The van der Waals surface area contributed by atoms with Gasteiger partial charge in [-0.1, -0.05) is 18.2 Å². The van der Waals surface area contributed by atoms with Gasteiger partial charge in [-0.3, -0.25) is 19.2 Å². The molecule has 10 nitrogen and oxygen atoms in total. The number of ketones is 1. The Kier molecular flexibility index (Phi) is 6.37. The molecule has 3 aromatic rings. The van der Waals surface area contributed by atoms with Crippen LogP contribution in [0.5, 0.6) is 0 Å². The third-order valence-corrected chi connectivity index (χ3v) is 6.48. The van der Waals surface area contributed by atoms with Gasteiger partial charge in [0.05, 0.1) is 25.0 Å². The third-order valence-electron chi connectivity index (χ3n) is 6.48. The number of aromatic nitrogens is 1. The number of para-hydroxylation sites is 1. The number of ether oxygens (including phenoxy) is 1. The molecule has 2 saturated heterocycles. The molecule has 0 N–H and O–H groups in total. The van der Waals surface area contributed by atoms with E-state index in [0.29, 0.717) is 44.8 Å². The van der Waals surface area contributed by atoms with Gasteiger partial charge in [0.25, 0.3) is 17.6 Å². The minimum absolute atomic E-state index is 0.0586. The number of piperazine rings is 1. The lowest BCUT2D eigenvalue weighted by Gasteiger charge is -2.33. The summed E-state index contributed by atoms with van der Waals surface area (Å²) in [6.07, 6.45) is 3.04. The molecule has 0 radical (unpaired) electrons. The number of carbonyl (C=O) groups excluding carboxylic acids is 4. The molecule has 0 bridgehead atoms. The van der Waals surface area contributed by atoms with E-state index in [1.807, 2.05) is 12.1 Å². The van der Waals surface area contributed by atoms with Crippen molar-refractivity contribution in [1.82, 2.24) is 19.3 Å². The van der Waals surface area contributed by atoms with Crippen LogP contribution in [0.3, 0.4) is 0 Å². The van der Waals surface area contributed by atoms with E-state index < -0.39 is 11.7 Å². The molecule has 3 amide bonds. The van der Waals surface area contributed by atoms with Crippen molar-refractivity contribution >= 4 is 34.4 Å². The Morgan fingerprint density at radius 2 is 1.51 bits per heavy atom. The zero-order valence-electron chi connectivity index (χ0n) is 19.2. The van der Waals surface area contributed by atoms with Gasteiger partial charge in [0.2, 0.25) is 5.91 Å². The van der Waals surface area contributed by atoms with Crippen molar-refractivity contribution in [3.63, 3.8) is 0 Å². The van der Waals surface area contributed by atoms with Crippen molar-refractivity contribution in [2.75, 3.05) is 52.5 Å². The summed E-state index contributed by atoms with van der Waals surface area (Å²) in [5.41, 5.74) is 0.994. The second-order valence-electron chi connectivity index (χ2n) is 8.57. The number of benzene rings is 1. The highest BCUT2D eigenvalue weighted by atomic mass is 16.5. The fraction of sp³-hybridized carbons (Fsp3) is 0.360. The summed E-state index contributed by atoms with van der Waals surface area (Å²) in [6, 6.07) is 10.5. The number of rotatable bonds is 5. The number of nitrogens with zero attached hydrogens (tertiary/aromatic N) is 4. The minimum atomic E-state index is -0.621. The lowest BCUT2D eigenvalue weighted by molar-refractivity contribution is -0.135. The van der Waals surface area contributed by atoms with E-state index in [9.17, 15) is 19.2 Å². The predicted octanol–water partition coefficient (Wildman–Crippen LogP) is 1.26. The Bertz CT molecular complexity index is 1250. The molecular weight excluding hydrogens is 452 g/mol. The Balaban J connectivity index is 1.29. The van der Waals surface area contributed by atoms with Crippen LogP contribution >= 0.6 is 0 Å². The van der Waals surface area contributed by atoms with Crippen LogP contribution in [0, 0.1) is 0 Å². The summed E-state index contributed by atoms with van der Waals surface area (Å²) in [5, 5.41) is 0.632. The van der Waals surface area contributed by atoms with Gasteiger partial charge in [-0.05, 0) is 18.2 Å². The lowest BCUT2D eigenvalue weighted by atomic mass is 10.1. The van der Waals surface area contributed by atoms with Crippen LogP contribution in [-0.2, 0) is 20.9 Å². The summed E-state index contributed by atoms with van der Waals surface area (Å²) in [4.78, 5) is 56.4. The van der Waals surface area contributed by atoms with E-state index in [2.05, 4.69) is 0 Å². The van der Waals surface area contributed by atoms with E-state index in [0.717, 1.165) is 5.52 Å². The maximum absolute atomic E-state index is 13.2. The largest absolute Gasteiger partial charge is 0.459 e. The monoisotopic (exact) mass is 478 g/mol. The van der Waals surface area contributed by atoms with Gasteiger partial charge < -0.3 is 28.4 Å². The van der Waals surface area contributed by atoms with Crippen LogP contribution in [0.4, 0.5) is 0 Å². The third kappa shape index (κ3) is 4.57. The number of Topliss-reactive ketones (excluding diaryl/α,β-unsaturated/α-hetero) is 1. The minimum Gasteiger partial charge on any atom is -0.459 e. The molecule has 35 heavy (non-hydrogen) atoms. The summed E-state index contributed by atoms with van der Waals surface area (Å²) in [5.74, 6) is -1.28. The highest BCUT2D eigenvalue weighted by molar-refractivity contribution is 6.44. The molecule has 0 saturated carbocycles. The van der Waals surface area contributed by atoms with Gasteiger partial charge in [-0.2, -0.15) is 0 Å². The lowest BCUT2D eigenvalue weighted by Crippen LogP contribution is -2.52. The van der Waals surface area contributed by atoms with Gasteiger partial charge in [-0.25, -0.2) is 0 Å². The van der Waals surface area contributed by atoms with Crippen LogP contribution in [-0.4, -0.2) is 95.3 Å². The van der Waals surface area contributed by atoms with Crippen molar-refractivity contribution < 1.29 is 28.3 Å². The number of hydrogen-bond acceptors (Lipinski definition) is 6. The van der Waals surface area contributed by atoms with Crippen LogP contribution in [0.25, 0.3) is 10.9 Å². The van der Waals surface area contributed by atoms with E-state index in [1.165, 1.54) is 11.2 Å². The standard InChI is InChI=1S/C25H26N4O6/c30-22(26-11-14-34-15-12-26)17-29-16-19(18-4-1-2-5-20(18)29)23(31)25(33)28-9-7-27(8-10-28)24(32)21-6-3-13-35-21/h1-6,13,16H,7-12,14-15,17H2.